The van der Waals surface area contributed by atoms with E-state index in [0.29, 0.717) is 0 Å². The SMILES string of the molecule is CCCc1nccc(=O)[nH]1.[Na]. The number of hydrogen-bond acceptors (Lipinski definition) is 2. The van der Waals surface area contributed by atoms with Gasteiger partial charge in [-0.1, -0.05) is 6.92 Å². The van der Waals surface area contributed by atoms with Crippen molar-refractivity contribution in [2.45, 2.75) is 19.8 Å². The van der Waals surface area contributed by atoms with Crippen LogP contribution in [0.25, 0.3) is 0 Å². The summed E-state index contributed by atoms with van der Waals surface area (Å²) < 4.78 is 0. The molecule has 4 heteroatoms. The summed E-state index contributed by atoms with van der Waals surface area (Å²) in [5.41, 5.74) is -0.0709. The van der Waals surface area contributed by atoms with Crippen molar-refractivity contribution < 1.29 is 0 Å². The molecule has 1 aromatic rings. The number of aromatic amines is 1. The molecule has 1 aromatic heterocycles. The maximum atomic E-state index is 10.7. The molecule has 1 N–H and O–H groups in total. The minimum Gasteiger partial charge on any atom is -0.311 e. The summed E-state index contributed by atoms with van der Waals surface area (Å²) in [6.45, 7) is 2.05. The van der Waals surface area contributed by atoms with Gasteiger partial charge in [-0.15, -0.1) is 0 Å². The molecule has 55 valence electrons. The molecule has 0 atom stereocenters. The Bertz CT molecular complexity index is 259. The van der Waals surface area contributed by atoms with Crippen LogP contribution in [0.3, 0.4) is 0 Å². The molecule has 0 amide bonds. The Kier molecular flexibility index (Phi) is 5.46. The van der Waals surface area contributed by atoms with Crippen LogP contribution in [0.2, 0.25) is 0 Å². The first kappa shape index (κ1) is 10.9. The molecule has 3 nitrogen and oxygen atoms in total. The number of hydrogen-bond donors (Lipinski definition) is 1. The van der Waals surface area contributed by atoms with Crippen molar-refractivity contribution in [2.24, 2.45) is 0 Å². The van der Waals surface area contributed by atoms with Crippen molar-refractivity contribution in [3.8, 4) is 0 Å². The zero-order valence-corrected chi connectivity index (χ0v) is 8.92. The van der Waals surface area contributed by atoms with Crippen LogP contribution < -0.4 is 5.56 Å². The number of H-pyrrole nitrogens is 1. The summed E-state index contributed by atoms with van der Waals surface area (Å²) in [7, 11) is 0. The van der Waals surface area contributed by atoms with Crippen LogP contribution >= 0.6 is 0 Å². The van der Waals surface area contributed by atoms with Gasteiger partial charge in [-0.3, -0.25) is 4.79 Å². The van der Waals surface area contributed by atoms with Gasteiger partial charge in [-0.25, -0.2) is 4.98 Å². The largest absolute Gasteiger partial charge is 0.311 e. The molecule has 0 saturated carbocycles. The summed E-state index contributed by atoms with van der Waals surface area (Å²) in [4.78, 5) is 17.3. The molecule has 0 unspecified atom stereocenters. The molecule has 1 radical (unpaired) electrons. The summed E-state index contributed by atoms with van der Waals surface area (Å²) in [6, 6.07) is 1.42. The predicted molar refractivity (Wildman–Crippen MR) is 44.6 cm³/mol. The third-order valence-corrected chi connectivity index (χ3v) is 1.21. The molecule has 0 aromatic carbocycles. The predicted octanol–water partition coefficient (Wildman–Crippen LogP) is 0.342. The van der Waals surface area contributed by atoms with E-state index in [4.69, 9.17) is 0 Å². The second-order valence-electron chi connectivity index (χ2n) is 2.13. The monoisotopic (exact) mass is 161 g/mol. The molecular formula is C7H10N2NaO. The van der Waals surface area contributed by atoms with Crippen molar-refractivity contribution in [3.63, 3.8) is 0 Å². The van der Waals surface area contributed by atoms with E-state index >= 15 is 0 Å². The zero-order valence-electron chi connectivity index (χ0n) is 6.92. The number of nitrogens with zero attached hydrogens (tertiary/aromatic N) is 1. The van der Waals surface area contributed by atoms with Gasteiger partial charge < -0.3 is 4.98 Å². The first-order valence-electron chi connectivity index (χ1n) is 3.37. The van der Waals surface area contributed by atoms with E-state index in [1.54, 1.807) is 0 Å². The van der Waals surface area contributed by atoms with E-state index in [1.165, 1.54) is 12.3 Å². The van der Waals surface area contributed by atoms with E-state index in [2.05, 4.69) is 9.97 Å². The molecule has 11 heavy (non-hydrogen) atoms. The molecule has 0 fully saturated rings. The standard InChI is InChI=1S/C7H10N2O.Na/c1-2-3-6-8-5-4-7(10)9-6;/h4-5H,2-3H2,1H3,(H,8,9,10);. The molecule has 0 bridgehead atoms. The average Bonchev–Trinajstić information content (AvgIpc) is 1.88. The van der Waals surface area contributed by atoms with Crippen molar-refractivity contribution in [2.75, 3.05) is 0 Å². The maximum Gasteiger partial charge on any atom is 0.250 e. The third kappa shape index (κ3) is 3.70. The van der Waals surface area contributed by atoms with Gasteiger partial charge >= 0.3 is 0 Å². The van der Waals surface area contributed by atoms with Crippen LogP contribution in [0, 0.1) is 0 Å². The van der Waals surface area contributed by atoms with Gasteiger partial charge in [0.15, 0.2) is 0 Å². The number of nitrogens with one attached hydrogen (secondary N) is 1. The summed E-state index contributed by atoms with van der Waals surface area (Å²) in [5.74, 6) is 0.773. The fourth-order valence-corrected chi connectivity index (χ4v) is 0.775. The Morgan fingerprint density at radius 2 is 2.36 bits per heavy atom. The Labute approximate surface area is 87.5 Å². The van der Waals surface area contributed by atoms with E-state index in [1.807, 2.05) is 6.92 Å². The van der Waals surface area contributed by atoms with E-state index in [0.717, 1.165) is 18.7 Å². The van der Waals surface area contributed by atoms with Gasteiger partial charge in [0.25, 0.3) is 5.56 Å². The second-order valence-corrected chi connectivity index (χ2v) is 2.13. The fourth-order valence-electron chi connectivity index (χ4n) is 0.775. The summed E-state index contributed by atoms with van der Waals surface area (Å²) in [6.07, 6.45) is 3.38. The topological polar surface area (TPSA) is 45.8 Å². The van der Waals surface area contributed by atoms with Crippen LogP contribution in [0.15, 0.2) is 17.1 Å². The molecule has 0 aliphatic rings. The maximum absolute atomic E-state index is 10.7. The van der Waals surface area contributed by atoms with Crippen molar-refractivity contribution in [1.29, 1.82) is 0 Å². The Hall–Kier alpha value is -0.120. The average molecular weight is 161 g/mol. The molecule has 0 aliphatic carbocycles. The summed E-state index contributed by atoms with van der Waals surface area (Å²) >= 11 is 0. The van der Waals surface area contributed by atoms with Gasteiger partial charge in [-0.05, 0) is 6.42 Å². The molecule has 0 spiro atoms. The van der Waals surface area contributed by atoms with Crippen LogP contribution in [-0.2, 0) is 6.42 Å². The van der Waals surface area contributed by atoms with Crippen LogP contribution in [-0.4, -0.2) is 39.5 Å². The molecule has 1 heterocycles. The summed E-state index contributed by atoms with van der Waals surface area (Å²) in [5, 5.41) is 0. The molecular weight excluding hydrogens is 151 g/mol. The Balaban J connectivity index is 0.000001000. The van der Waals surface area contributed by atoms with Crippen LogP contribution in [0.4, 0.5) is 0 Å². The first-order chi connectivity index (χ1) is 4.83. The minimum atomic E-state index is -0.0709. The molecule has 1 rings (SSSR count). The second kappa shape index (κ2) is 5.52. The number of aryl methyl sites for hydroxylation is 1. The Morgan fingerprint density at radius 3 is 2.91 bits per heavy atom. The minimum absolute atomic E-state index is 0. The molecule has 0 aliphatic heterocycles. The van der Waals surface area contributed by atoms with Crippen molar-refractivity contribution in [3.05, 3.63) is 28.4 Å². The van der Waals surface area contributed by atoms with Gasteiger partial charge in [-0.2, -0.15) is 0 Å². The Morgan fingerprint density at radius 1 is 1.64 bits per heavy atom. The van der Waals surface area contributed by atoms with E-state index < -0.39 is 0 Å². The quantitative estimate of drug-likeness (QED) is 0.636. The van der Waals surface area contributed by atoms with Crippen LogP contribution in [0.5, 0.6) is 0 Å². The number of aromatic nitrogens is 2. The van der Waals surface area contributed by atoms with Gasteiger partial charge in [0.1, 0.15) is 5.82 Å². The van der Waals surface area contributed by atoms with Gasteiger partial charge in [0.2, 0.25) is 0 Å². The normalized spacial score (nSPS) is 8.82. The smallest absolute Gasteiger partial charge is 0.250 e. The van der Waals surface area contributed by atoms with E-state index in [9.17, 15) is 4.79 Å². The van der Waals surface area contributed by atoms with Crippen LogP contribution in [0.1, 0.15) is 19.2 Å². The fraction of sp³-hybridized carbons (Fsp3) is 0.429. The third-order valence-electron chi connectivity index (χ3n) is 1.21. The van der Waals surface area contributed by atoms with Crippen molar-refractivity contribution >= 4 is 29.6 Å². The molecule has 0 saturated heterocycles. The van der Waals surface area contributed by atoms with Gasteiger partial charge in [0, 0.05) is 48.2 Å². The van der Waals surface area contributed by atoms with E-state index in [-0.39, 0.29) is 35.1 Å². The zero-order chi connectivity index (χ0) is 7.40. The number of rotatable bonds is 2. The van der Waals surface area contributed by atoms with Crippen molar-refractivity contribution in [1.82, 2.24) is 9.97 Å². The first-order valence-corrected chi connectivity index (χ1v) is 3.37. The van der Waals surface area contributed by atoms with Gasteiger partial charge in [0.05, 0.1) is 0 Å².